The van der Waals surface area contributed by atoms with Gasteiger partial charge in [0.2, 0.25) is 0 Å². The van der Waals surface area contributed by atoms with Crippen LogP contribution in [0.1, 0.15) is 5.56 Å². The summed E-state index contributed by atoms with van der Waals surface area (Å²) in [4.78, 5) is 10.8. The summed E-state index contributed by atoms with van der Waals surface area (Å²) in [6.07, 6.45) is -0.699. The monoisotopic (exact) mass is 272 g/mol. The molecule has 0 heterocycles. The first-order chi connectivity index (χ1) is 7.88. The van der Waals surface area contributed by atoms with Crippen molar-refractivity contribution in [3.8, 4) is 6.07 Å². The number of ether oxygens (including phenoxy) is 1. The van der Waals surface area contributed by atoms with Gasteiger partial charge < -0.3 is 4.74 Å². The number of rotatable bonds is 2. The predicted molar refractivity (Wildman–Crippen MR) is 64.1 cm³/mol. The number of carbonyl (C=O) groups excluding carboxylic acids is 1. The van der Waals surface area contributed by atoms with Gasteiger partial charge in [0, 0.05) is 5.69 Å². The molecule has 1 atom stereocenters. The molecule has 17 heavy (non-hydrogen) atoms. The highest BCUT2D eigenvalue weighted by molar-refractivity contribution is 8.37. The maximum absolute atomic E-state index is 11.3. The van der Waals surface area contributed by atoms with Crippen molar-refractivity contribution >= 4 is 29.7 Å². The summed E-state index contributed by atoms with van der Waals surface area (Å²) in [5.74, 6) is 0. The third-order valence-electron chi connectivity index (χ3n) is 1.84. The zero-order chi connectivity index (χ0) is 13.1. The summed E-state index contributed by atoms with van der Waals surface area (Å²) >= 11 is 0. The van der Waals surface area contributed by atoms with Gasteiger partial charge in [0.15, 0.2) is 9.46 Å². The molecule has 1 aromatic carbocycles. The molecule has 0 saturated heterocycles. The van der Waals surface area contributed by atoms with Gasteiger partial charge >= 0.3 is 6.09 Å². The van der Waals surface area contributed by atoms with Gasteiger partial charge in [-0.15, -0.1) is 0 Å². The van der Waals surface area contributed by atoms with Gasteiger partial charge in [-0.05, 0) is 26.6 Å². The topological polar surface area (TPSA) is 96.3 Å². The van der Waals surface area contributed by atoms with Crippen molar-refractivity contribution in [3.63, 3.8) is 0 Å². The molecule has 8 heteroatoms. The van der Waals surface area contributed by atoms with E-state index in [0.717, 1.165) is 0 Å². The van der Waals surface area contributed by atoms with Crippen molar-refractivity contribution in [2.75, 3.05) is 12.4 Å². The Hall–Kier alpha value is -1.64. The summed E-state index contributed by atoms with van der Waals surface area (Å²) in [6.45, 7) is 0. The number of nitrogens with zero attached hydrogens (tertiary/aromatic N) is 1. The molecular formula is C9H9N2O4PS. The predicted octanol–water partition coefficient (Wildman–Crippen LogP) is 1.30. The molecule has 0 saturated carbocycles. The van der Waals surface area contributed by atoms with E-state index < -0.39 is 15.6 Å². The van der Waals surface area contributed by atoms with Crippen LogP contribution in [0.2, 0.25) is 0 Å². The molecule has 0 aliphatic heterocycles. The molecule has 1 rings (SSSR count). The summed E-state index contributed by atoms with van der Waals surface area (Å²) in [5.41, 5.74) is 0.236. The lowest BCUT2D eigenvalue weighted by molar-refractivity contribution is 0.187. The van der Waals surface area contributed by atoms with Crippen LogP contribution in [0.15, 0.2) is 23.1 Å². The lowest BCUT2D eigenvalue weighted by Crippen LogP contribution is -2.11. The highest BCUT2D eigenvalue weighted by Crippen LogP contribution is 2.24. The average molecular weight is 272 g/mol. The molecule has 0 fully saturated rings. The van der Waals surface area contributed by atoms with Crippen molar-refractivity contribution < 1.29 is 17.9 Å². The second-order valence-corrected chi connectivity index (χ2v) is 6.38. The molecule has 1 unspecified atom stereocenters. The van der Waals surface area contributed by atoms with Gasteiger partial charge in [-0.2, -0.15) is 5.26 Å². The Balaban J connectivity index is 3.20. The molecule has 0 aliphatic rings. The number of nitrogens with one attached hydrogen (secondary N) is 1. The Morgan fingerprint density at radius 3 is 2.65 bits per heavy atom. The van der Waals surface area contributed by atoms with Crippen LogP contribution in [-0.4, -0.2) is 21.6 Å². The SMILES string of the molecule is COC(=O)Nc1ccc(S(=O)(=O)P)c(C#N)c1. The van der Waals surface area contributed by atoms with Gasteiger partial charge in [0.25, 0.3) is 0 Å². The van der Waals surface area contributed by atoms with Crippen LogP contribution in [0.3, 0.4) is 0 Å². The van der Waals surface area contributed by atoms with Crippen LogP contribution >= 0.6 is 8.44 Å². The second-order valence-electron chi connectivity index (χ2n) is 2.98. The van der Waals surface area contributed by atoms with Gasteiger partial charge in [0.05, 0.1) is 17.6 Å². The lowest BCUT2D eigenvalue weighted by Gasteiger charge is -2.06. The van der Waals surface area contributed by atoms with E-state index in [4.69, 9.17) is 5.26 Å². The van der Waals surface area contributed by atoms with Crippen molar-refractivity contribution in [2.45, 2.75) is 4.90 Å². The maximum Gasteiger partial charge on any atom is 0.411 e. The highest BCUT2D eigenvalue weighted by atomic mass is 32.7. The third-order valence-corrected chi connectivity index (χ3v) is 3.57. The van der Waals surface area contributed by atoms with Crippen molar-refractivity contribution in [1.82, 2.24) is 0 Å². The number of amides is 1. The molecule has 0 bridgehead atoms. The first kappa shape index (κ1) is 13.4. The summed E-state index contributed by atoms with van der Waals surface area (Å²) in [6, 6.07) is 5.62. The highest BCUT2D eigenvalue weighted by Gasteiger charge is 2.14. The lowest BCUT2D eigenvalue weighted by atomic mass is 10.2. The quantitative estimate of drug-likeness (QED) is 0.818. The number of anilines is 1. The van der Waals surface area contributed by atoms with E-state index in [-0.39, 0.29) is 16.1 Å². The van der Waals surface area contributed by atoms with Gasteiger partial charge in [-0.1, -0.05) is 0 Å². The van der Waals surface area contributed by atoms with E-state index in [0.29, 0.717) is 0 Å². The Kier molecular flexibility index (Phi) is 4.05. The number of hydrogen-bond donors (Lipinski definition) is 1. The van der Waals surface area contributed by atoms with Crippen LogP contribution in [0.25, 0.3) is 0 Å². The molecule has 0 spiro atoms. The smallest absolute Gasteiger partial charge is 0.411 e. The van der Waals surface area contributed by atoms with E-state index in [1.165, 1.54) is 25.3 Å². The molecular weight excluding hydrogens is 263 g/mol. The Labute approximate surface area is 100 Å². The molecule has 6 nitrogen and oxygen atoms in total. The molecule has 0 radical (unpaired) electrons. The normalized spacial score (nSPS) is 10.4. The molecule has 90 valence electrons. The fraction of sp³-hybridized carbons (Fsp3) is 0.111. The summed E-state index contributed by atoms with van der Waals surface area (Å²) < 4.78 is 27.0. The fourth-order valence-corrected chi connectivity index (χ4v) is 2.40. The number of benzene rings is 1. The minimum Gasteiger partial charge on any atom is -0.453 e. The van der Waals surface area contributed by atoms with Gasteiger partial charge in [0.1, 0.15) is 6.07 Å². The number of methoxy groups -OCH3 is 1. The van der Waals surface area contributed by atoms with E-state index in [2.05, 4.69) is 10.1 Å². The second kappa shape index (κ2) is 5.13. The van der Waals surface area contributed by atoms with Crippen LogP contribution < -0.4 is 5.32 Å². The first-order valence-electron chi connectivity index (χ1n) is 4.30. The first-order valence-corrected chi connectivity index (χ1v) is 7.26. The van der Waals surface area contributed by atoms with Crippen molar-refractivity contribution in [3.05, 3.63) is 23.8 Å². The van der Waals surface area contributed by atoms with Crippen LogP contribution in [0.4, 0.5) is 10.5 Å². The Bertz CT molecular complexity index is 592. The van der Waals surface area contributed by atoms with Gasteiger partial charge in [-0.3, -0.25) is 5.32 Å². The molecule has 0 aromatic heterocycles. The summed E-state index contributed by atoms with van der Waals surface area (Å²) in [5, 5.41) is 11.2. The number of carbonyl (C=O) groups is 1. The number of nitriles is 1. The standard InChI is InChI=1S/C9H9N2O4PS/c1-15-9(12)11-7-2-3-8(17(13,14)16)6(4-7)5-10/h2-4H,16H2,1H3,(H,11,12). The van der Waals surface area contributed by atoms with Gasteiger partial charge in [-0.25, -0.2) is 13.2 Å². The van der Waals surface area contributed by atoms with Crippen molar-refractivity contribution in [1.29, 1.82) is 5.26 Å². The van der Waals surface area contributed by atoms with Crippen LogP contribution in [0, 0.1) is 11.3 Å². The van der Waals surface area contributed by atoms with E-state index in [9.17, 15) is 13.2 Å². The third kappa shape index (κ3) is 3.41. The maximum atomic E-state index is 11.3. The fourth-order valence-electron chi connectivity index (χ4n) is 1.11. The molecule has 1 N–H and O–H groups in total. The molecule has 1 aromatic rings. The Morgan fingerprint density at radius 1 is 1.53 bits per heavy atom. The largest absolute Gasteiger partial charge is 0.453 e. The summed E-state index contributed by atoms with van der Waals surface area (Å²) in [7, 11) is -0.688. The van der Waals surface area contributed by atoms with Crippen LogP contribution in [-0.2, 0) is 14.2 Å². The Morgan fingerprint density at radius 2 is 2.18 bits per heavy atom. The van der Waals surface area contributed by atoms with E-state index in [1.807, 2.05) is 0 Å². The zero-order valence-corrected chi connectivity index (χ0v) is 10.8. The van der Waals surface area contributed by atoms with E-state index >= 15 is 0 Å². The number of hydrogen-bond acceptors (Lipinski definition) is 5. The molecule has 0 aliphatic carbocycles. The van der Waals surface area contributed by atoms with E-state index in [1.54, 1.807) is 14.5 Å². The minimum absolute atomic E-state index is 0.0473. The molecule has 1 amide bonds. The van der Waals surface area contributed by atoms with Crippen molar-refractivity contribution in [2.24, 2.45) is 0 Å². The van der Waals surface area contributed by atoms with Crippen LogP contribution in [0.5, 0.6) is 0 Å². The zero-order valence-electron chi connectivity index (χ0n) is 8.80. The average Bonchev–Trinajstić information content (AvgIpc) is 2.27. The minimum atomic E-state index is -3.55.